The molecule has 0 heterocycles. The third-order valence-electron chi connectivity index (χ3n) is 3.93. The maximum Gasteiger partial charge on any atom is 0.223 e. The second-order valence-corrected chi connectivity index (χ2v) is 5.32. The molecule has 0 fully saturated rings. The van der Waals surface area contributed by atoms with Crippen LogP contribution in [-0.4, -0.2) is 17.6 Å². The summed E-state index contributed by atoms with van der Waals surface area (Å²) in [6.45, 7) is 2.04. The van der Waals surface area contributed by atoms with Gasteiger partial charge in [-0.2, -0.15) is 0 Å². The van der Waals surface area contributed by atoms with Crippen LogP contribution in [0.4, 0.5) is 0 Å². The highest BCUT2D eigenvalue weighted by molar-refractivity contribution is 5.79. The van der Waals surface area contributed by atoms with Crippen molar-refractivity contribution in [3.63, 3.8) is 0 Å². The summed E-state index contributed by atoms with van der Waals surface area (Å²) >= 11 is 0. The molecule has 3 nitrogen and oxygen atoms in total. The Kier molecular flexibility index (Phi) is 5.36. The molecule has 3 heteroatoms. The Hall–Kier alpha value is -1.61. The standard InChI is InChI=1S/C17H23NO2/c1-2-13-8-10-14(11-9-13)16(12-19)18-17(20)15-6-4-3-5-7-15/h3-4,8-11,15-16,19H,2,5-7,12H2,1H3,(H,18,20). The summed E-state index contributed by atoms with van der Waals surface area (Å²) in [5.74, 6) is 0.0944. The van der Waals surface area contributed by atoms with E-state index in [2.05, 4.69) is 24.4 Å². The minimum Gasteiger partial charge on any atom is -0.394 e. The number of allylic oxidation sites excluding steroid dienone is 2. The highest BCUT2D eigenvalue weighted by atomic mass is 16.3. The average molecular weight is 273 g/mol. The van der Waals surface area contributed by atoms with Crippen LogP contribution in [0.15, 0.2) is 36.4 Å². The van der Waals surface area contributed by atoms with Gasteiger partial charge in [0.1, 0.15) is 0 Å². The number of nitrogens with one attached hydrogen (secondary N) is 1. The summed E-state index contributed by atoms with van der Waals surface area (Å²) in [6, 6.07) is 7.77. The first-order valence-corrected chi connectivity index (χ1v) is 7.39. The van der Waals surface area contributed by atoms with Crippen LogP contribution in [-0.2, 0) is 11.2 Å². The highest BCUT2D eigenvalue weighted by Crippen LogP contribution is 2.20. The summed E-state index contributed by atoms with van der Waals surface area (Å²) in [4.78, 5) is 12.2. The lowest BCUT2D eigenvalue weighted by atomic mass is 9.93. The number of carbonyl (C=O) groups is 1. The summed E-state index contributed by atoms with van der Waals surface area (Å²) in [5.41, 5.74) is 2.22. The van der Waals surface area contributed by atoms with E-state index in [9.17, 15) is 9.90 Å². The van der Waals surface area contributed by atoms with Gasteiger partial charge >= 0.3 is 0 Å². The van der Waals surface area contributed by atoms with Crippen molar-refractivity contribution < 1.29 is 9.90 Å². The van der Waals surface area contributed by atoms with E-state index in [0.29, 0.717) is 0 Å². The topological polar surface area (TPSA) is 49.3 Å². The van der Waals surface area contributed by atoms with E-state index >= 15 is 0 Å². The predicted octanol–water partition coefficient (Wildman–Crippen LogP) is 2.75. The van der Waals surface area contributed by atoms with E-state index < -0.39 is 0 Å². The molecule has 2 N–H and O–H groups in total. The molecular formula is C17H23NO2. The number of amides is 1. The number of aliphatic hydroxyl groups is 1. The lowest BCUT2D eigenvalue weighted by Crippen LogP contribution is -2.36. The van der Waals surface area contributed by atoms with Gasteiger partial charge in [-0.05, 0) is 36.8 Å². The van der Waals surface area contributed by atoms with Crippen LogP contribution < -0.4 is 5.32 Å². The normalized spacial score (nSPS) is 19.6. The van der Waals surface area contributed by atoms with E-state index in [0.717, 1.165) is 31.2 Å². The number of hydrogen-bond donors (Lipinski definition) is 2. The molecule has 1 aliphatic rings. The second kappa shape index (κ2) is 7.25. The van der Waals surface area contributed by atoms with Crippen molar-refractivity contribution in [2.75, 3.05) is 6.61 Å². The van der Waals surface area contributed by atoms with Crippen LogP contribution in [0, 0.1) is 5.92 Å². The second-order valence-electron chi connectivity index (χ2n) is 5.32. The molecule has 108 valence electrons. The first-order chi connectivity index (χ1) is 9.74. The van der Waals surface area contributed by atoms with Gasteiger partial charge in [-0.3, -0.25) is 4.79 Å². The monoisotopic (exact) mass is 273 g/mol. The van der Waals surface area contributed by atoms with Gasteiger partial charge < -0.3 is 10.4 Å². The van der Waals surface area contributed by atoms with Gasteiger partial charge in [-0.1, -0.05) is 43.3 Å². The molecule has 1 aliphatic carbocycles. The molecule has 1 aromatic rings. The molecule has 1 aromatic carbocycles. The Morgan fingerprint density at radius 1 is 1.35 bits per heavy atom. The third-order valence-corrected chi connectivity index (χ3v) is 3.93. The fourth-order valence-corrected chi connectivity index (χ4v) is 2.54. The molecular weight excluding hydrogens is 250 g/mol. The van der Waals surface area contributed by atoms with Gasteiger partial charge in [-0.25, -0.2) is 0 Å². The van der Waals surface area contributed by atoms with Crippen molar-refractivity contribution >= 4 is 5.91 Å². The smallest absolute Gasteiger partial charge is 0.223 e. The van der Waals surface area contributed by atoms with Crippen molar-refractivity contribution in [2.24, 2.45) is 5.92 Å². The molecule has 20 heavy (non-hydrogen) atoms. The van der Waals surface area contributed by atoms with Crippen molar-refractivity contribution in [2.45, 2.75) is 38.6 Å². The zero-order chi connectivity index (χ0) is 14.4. The zero-order valence-corrected chi connectivity index (χ0v) is 12.0. The molecule has 1 amide bonds. The molecule has 0 bridgehead atoms. The number of aliphatic hydroxyl groups excluding tert-OH is 1. The highest BCUT2D eigenvalue weighted by Gasteiger charge is 2.22. The Morgan fingerprint density at radius 2 is 2.10 bits per heavy atom. The zero-order valence-electron chi connectivity index (χ0n) is 12.0. The largest absolute Gasteiger partial charge is 0.394 e. The van der Waals surface area contributed by atoms with E-state index in [1.165, 1.54) is 5.56 Å². The van der Waals surface area contributed by atoms with Gasteiger partial charge in [0.2, 0.25) is 5.91 Å². The number of aryl methyl sites for hydroxylation is 1. The number of hydrogen-bond acceptors (Lipinski definition) is 2. The van der Waals surface area contributed by atoms with Crippen molar-refractivity contribution in [3.8, 4) is 0 Å². The summed E-state index contributed by atoms with van der Waals surface area (Å²) in [7, 11) is 0. The Balaban J connectivity index is 2.00. The van der Waals surface area contributed by atoms with Crippen molar-refractivity contribution in [1.82, 2.24) is 5.32 Å². The predicted molar refractivity (Wildman–Crippen MR) is 80.3 cm³/mol. The first kappa shape index (κ1) is 14.8. The SMILES string of the molecule is CCc1ccc(C(CO)NC(=O)C2CC=CCC2)cc1. The van der Waals surface area contributed by atoms with Crippen LogP contribution >= 0.6 is 0 Å². The van der Waals surface area contributed by atoms with Gasteiger partial charge in [0.15, 0.2) is 0 Å². The van der Waals surface area contributed by atoms with Gasteiger partial charge in [0.05, 0.1) is 12.6 Å². The number of benzene rings is 1. The lowest BCUT2D eigenvalue weighted by Gasteiger charge is -2.22. The van der Waals surface area contributed by atoms with E-state index in [1.807, 2.05) is 24.3 Å². The van der Waals surface area contributed by atoms with Crippen LogP contribution in [0.5, 0.6) is 0 Å². The third kappa shape index (κ3) is 3.70. The molecule has 0 aliphatic heterocycles. The summed E-state index contributed by atoms with van der Waals surface area (Å²) in [6.07, 6.45) is 7.85. The molecule has 2 unspecified atom stereocenters. The molecule has 0 saturated carbocycles. The van der Waals surface area contributed by atoms with Crippen LogP contribution in [0.2, 0.25) is 0 Å². The van der Waals surface area contributed by atoms with E-state index in [1.54, 1.807) is 0 Å². The molecule has 2 atom stereocenters. The quantitative estimate of drug-likeness (QED) is 0.810. The van der Waals surface area contributed by atoms with E-state index in [4.69, 9.17) is 0 Å². The van der Waals surface area contributed by atoms with Crippen LogP contribution in [0.3, 0.4) is 0 Å². The Bertz CT molecular complexity index is 464. The summed E-state index contributed by atoms with van der Waals surface area (Å²) in [5, 5.41) is 12.5. The molecule has 0 spiro atoms. The van der Waals surface area contributed by atoms with Gasteiger partial charge in [-0.15, -0.1) is 0 Å². The van der Waals surface area contributed by atoms with Crippen molar-refractivity contribution in [1.29, 1.82) is 0 Å². The van der Waals surface area contributed by atoms with Gasteiger partial charge in [0.25, 0.3) is 0 Å². The lowest BCUT2D eigenvalue weighted by molar-refractivity contribution is -0.126. The number of rotatable bonds is 5. The van der Waals surface area contributed by atoms with Crippen LogP contribution in [0.25, 0.3) is 0 Å². The van der Waals surface area contributed by atoms with Gasteiger partial charge in [0, 0.05) is 5.92 Å². The molecule has 2 rings (SSSR count). The fraction of sp³-hybridized carbons (Fsp3) is 0.471. The fourth-order valence-electron chi connectivity index (χ4n) is 2.54. The Morgan fingerprint density at radius 3 is 2.65 bits per heavy atom. The average Bonchev–Trinajstić information content (AvgIpc) is 2.53. The van der Waals surface area contributed by atoms with Crippen molar-refractivity contribution in [3.05, 3.63) is 47.5 Å². The first-order valence-electron chi connectivity index (χ1n) is 7.39. The maximum absolute atomic E-state index is 12.2. The Labute approximate surface area is 120 Å². The molecule has 0 radical (unpaired) electrons. The van der Waals surface area contributed by atoms with Crippen LogP contribution in [0.1, 0.15) is 43.4 Å². The minimum atomic E-state index is -0.306. The molecule has 0 aromatic heterocycles. The van der Waals surface area contributed by atoms with E-state index in [-0.39, 0.29) is 24.5 Å². The molecule has 0 saturated heterocycles. The summed E-state index contributed by atoms with van der Waals surface area (Å²) < 4.78 is 0. The number of carbonyl (C=O) groups excluding carboxylic acids is 1. The minimum absolute atomic E-state index is 0.0453. The maximum atomic E-state index is 12.2.